The highest BCUT2D eigenvalue weighted by molar-refractivity contribution is 5.85. The molecular weight excluding hydrogens is 256 g/mol. The van der Waals surface area contributed by atoms with E-state index < -0.39 is 0 Å². The Kier molecular flexibility index (Phi) is 36.5. The van der Waals surface area contributed by atoms with Crippen LogP contribution >= 0.6 is 12.4 Å². The molecule has 0 amide bonds. The van der Waals surface area contributed by atoms with Crippen LogP contribution in [0.1, 0.15) is 5.56 Å². The Balaban J connectivity index is -0.0000000432. The summed E-state index contributed by atoms with van der Waals surface area (Å²) in [6.07, 6.45) is 4.10. The van der Waals surface area contributed by atoms with Crippen LogP contribution in [0.15, 0.2) is 30.3 Å². The highest BCUT2D eigenvalue weighted by atomic mass is 35.5. The van der Waals surface area contributed by atoms with Gasteiger partial charge in [0.25, 0.3) is 0 Å². The van der Waals surface area contributed by atoms with Crippen molar-refractivity contribution in [1.29, 1.82) is 0 Å². The lowest BCUT2D eigenvalue weighted by Crippen LogP contribution is -1.98. The monoisotopic (exact) mass is 276 g/mol. The van der Waals surface area contributed by atoms with E-state index in [4.69, 9.17) is 4.74 Å². The fourth-order valence-corrected chi connectivity index (χ4v) is 1.06. The van der Waals surface area contributed by atoms with Crippen LogP contribution in [0.25, 0.3) is 6.08 Å². The number of para-hydroxylation sites is 1. The second-order valence-electron chi connectivity index (χ2n) is 2.25. The maximum Gasteiger partial charge on any atom is 0.126 e. The topological polar surface area (TPSA) is 198 Å². The maximum atomic E-state index is 5.34. The largest absolute Gasteiger partial charge is 0.489 e. The molecule has 1 aliphatic rings. The number of fused-ring (bicyclic) bond motifs is 1. The molecule has 0 saturated carbocycles. The highest BCUT2D eigenvalue weighted by Crippen LogP contribution is 2.21. The van der Waals surface area contributed by atoms with E-state index in [0.29, 0.717) is 6.61 Å². The van der Waals surface area contributed by atoms with Gasteiger partial charge < -0.3 is 37.6 Å². The van der Waals surface area contributed by atoms with Gasteiger partial charge in [-0.2, -0.15) is 0 Å². The first-order valence-corrected chi connectivity index (χ1v) is 3.35. The molecule has 12 N–H and O–H groups in total. The fourth-order valence-electron chi connectivity index (χ4n) is 1.06. The van der Waals surface area contributed by atoms with Crippen molar-refractivity contribution in [3.8, 4) is 5.75 Å². The third-order valence-electron chi connectivity index (χ3n) is 1.55. The first kappa shape index (κ1) is 36.0. The molecule has 8 heteroatoms. The molecule has 0 saturated heterocycles. The van der Waals surface area contributed by atoms with Crippen molar-refractivity contribution < 1.29 is 37.6 Å². The fraction of sp³-hybridized carbons (Fsp3) is 0.111. The van der Waals surface area contributed by atoms with Gasteiger partial charge in [0, 0.05) is 5.56 Å². The Labute approximate surface area is 105 Å². The van der Waals surface area contributed by atoms with Gasteiger partial charge in [-0.3, -0.25) is 0 Å². The van der Waals surface area contributed by atoms with Crippen LogP contribution in [0.4, 0.5) is 0 Å². The second kappa shape index (κ2) is 17.2. The standard InChI is InChI=1S/C9H8O.ClH.6H2O/c1-2-6-9-8(4-1)5-3-7-10-9;;;;;;;/h1-6H,7H2;1H;6*1H2. The molecule has 0 aliphatic carbocycles. The molecule has 0 radical (unpaired) electrons. The third kappa shape index (κ3) is 8.60. The first-order chi connectivity index (χ1) is 4.97. The molecule has 0 aromatic heterocycles. The minimum Gasteiger partial charge on any atom is -0.489 e. The van der Waals surface area contributed by atoms with Crippen molar-refractivity contribution >= 4 is 18.5 Å². The zero-order valence-electron chi connectivity index (χ0n) is 8.99. The summed E-state index contributed by atoms with van der Waals surface area (Å²) in [6, 6.07) is 8.03. The Hall–Kier alpha value is -1.19. The number of halogens is 1. The molecule has 0 atom stereocenters. The van der Waals surface area contributed by atoms with Crippen molar-refractivity contribution in [3.63, 3.8) is 0 Å². The van der Waals surface area contributed by atoms with Crippen molar-refractivity contribution in [1.82, 2.24) is 0 Å². The van der Waals surface area contributed by atoms with Gasteiger partial charge in [-0.25, -0.2) is 0 Å². The molecule has 1 aliphatic heterocycles. The molecule has 7 nitrogen and oxygen atoms in total. The van der Waals surface area contributed by atoms with Crippen LogP contribution in [0.5, 0.6) is 5.75 Å². The molecule has 1 aromatic carbocycles. The maximum absolute atomic E-state index is 5.34. The van der Waals surface area contributed by atoms with Crippen molar-refractivity contribution in [2.24, 2.45) is 0 Å². The van der Waals surface area contributed by atoms with Crippen LogP contribution in [0, 0.1) is 0 Å². The number of hydrogen-bond acceptors (Lipinski definition) is 1. The van der Waals surface area contributed by atoms with Gasteiger partial charge in [0.1, 0.15) is 12.4 Å². The number of rotatable bonds is 0. The van der Waals surface area contributed by atoms with E-state index in [9.17, 15) is 0 Å². The summed E-state index contributed by atoms with van der Waals surface area (Å²) in [5.74, 6) is 0.991. The van der Waals surface area contributed by atoms with Crippen molar-refractivity contribution in [3.05, 3.63) is 35.9 Å². The number of ether oxygens (including phenoxy) is 1. The first-order valence-electron chi connectivity index (χ1n) is 3.35. The quantitative estimate of drug-likeness (QED) is 0.498. The van der Waals surface area contributed by atoms with Gasteiger partial charge in [0.2, 0.25) is 0 Å². The van der Waals surface area contributed by atoms with Crippen molar-refractivity contribution in [2.45, 2.75) is 0 Å². The van der Waals surface area contributed by atoms with E-state index in [0.717, 1.165) is 5.75 Å². The summed E-state index contributed by atoms with van der Waals surface area (Å²) in [4.78, 5) is 0. The predicted octanol–water partition coefficient (Wildman–Crippen LogP) is -2.43. The zero-order valence-corrected chi connectivity index (χ0v) is 9.80. The third-order valence-corrected chi connectivity index (χ3v) is 1.55. The highest BCUT2D eigenvalue weighted by Gasteiger charge is 2.01. The molecule has 1 heterocycles. The Morgan fingerprint density at radius 1 is 0.824 bits per heavy atom. The summed E-state index contributed by atoms with van der Waals surface area (Å²) in [7, 11) is 0. The summed E-state index contributed by atoms with van der Waals surface area (Å²) < 4.78 is 5.34. The van der Waals surface area contributed by atoms with E-state index in [2.05, 4.69) is 6.08 Å². The number of hydrogen-bond donors (Lipinski definition) is 0. The Bertz CT molecular complexity index is 280. The van der Waals surface area contributed by atoms with Gasteiger partial charge in [-0.15, -0.1) is 12.4 Å². The van der Waals surface area contributed by atoms with E-state index in [1.54, 1.807) is 0 Å². The van der Waals surface area contributed by atoms with E-state index >= 15 is 0 Å². The SMILES string of the molecule is C1=Cc2ccccc2OC1.Cl.O.O.O.O.O.O. The van der Waals surface area contributed by atoms with Gasteiger partial charge >= 0.3 is 0 Å². The molecule has 0 bridgehead atoms. The minimum atomic E-state index is 0. The lowest BCUT2D eigenvalue weighted by molar-refractivity contribution is 0.358. The molecule has 0 spiro atoms. The smallest absolute Gasteiger partial charge is 0.126 e. The molecule has 0 unspecified atom stereocenters. The lowest BCUT2D eigenvalue weighted by Gasteiger charge is -2.10. The zero-order chi connectivity index (χ0) is 6.81. The average Bonchev–Trinajstić information content (AvgIpc) is 2.05. The van der Waals surface area contributed by atoms with Crippen molar-refractivity contribution in [2.75, 3.05) is 6.61 Å². The molecule has 106 valence electrons. The van der Waals surface area contributed by atoms with Gasteiger partial charge in [0.15, 0.2) is 0 Å². The van der Waals surface area contributed by atoms with Crippen LogP contribution in [0.3, 0.4) is 0 Å². The summed E-state index contributed by atoms with van der Waals surface area (Å²) in [5.41, 5.74) is 1.17. The summed E-state index contributed by atoms with van der Waals surface area (Å²) in [5, 5.41) is 0. The summed E-state index contributed by atoms with van der Waals surface area (Å²) in [6.45, 7) is 0.705. The van der Waals surface area contributed by atoms with E-state index in [1.165, 1.54) is 5.56 Å². The van der Waals surface area contributed by atoms with Crippen LogP contribution in [-0.4, -0.2) is 39.5 Å². The van der Waals surface area contributed by atoms with Gasteiger partial charge in [-0.1, -0.05) is 24.3 Å². The Morgan fingerprint density at radius 3 is 1.88 bits per heavy atom. The average molecular weight is 277 g/mol. The lowest BCUT2D eigenvalue weighted by atomic mass is 10.1. The molecule has 17 heavy (non-hydrogen) atoms. The predicted molar refractivity (Wildman–Crippen MR) is 69.9 cm³/mol. The van der Waals surface area contributed by atoms with E-state index in [-0.39, 0.29) is 45.3 Å². The molecule has 2 rings (SSSR count). The van der Waals surface area contributed by atoms with Gasteiger partial charge in [-0.05, 0) is 12.1 Å². The normalized spacial score (nSPS) is 8.24. The Morgan fingerprint density at radius 2 is 1.35 bits per heavy atom. The van der Waals surface area contributed by atoms with Gasteiger partial charge in [0.05, 0.1) is 0 Å². The van der Waals surface area contributed by atoms with Crippen LogP contribution in [-0.2, 0) is 0 Å². The van der Waals surface area contributed by atoms with Crippen LogP contribution < -0.4 is 4.74 Å². The van der Waals surface area contributed by atoms with Crippen LogP contribution in [0.2, 0.25) is 0 Å². The second-order valence-corrected chi connectivity index (χ2v) is 2.25. The number of benzene rings is 1. The summed E-state index contributed by atoms with van der Waals surface area (Å²) >= 11 is 0. The molecule has 0 fully saturated rings. The van der Waals surface area contributed by atoms with E-state index in [1.807, 2.05) is 30.3 Å². The molecular formula is C9H21ClO7. The minimum absolute atomic E-state index is 0. The molecule has 1 aromatic rings.